The molecule has 6 N–H and O–H groups in total. The number of H-pyrrole nitrogens is 1. The molecule has 0 aliphatic carbocycles. The van der Waals surface area contributed by atoms with Gasteiger partial charge in [0.25, 0.3) is 0 Å². The number of aromatic amines is 1. The molecule has 0 fully saturated rings. The third-order valence-corrected chi connectivity index (χ3v) is 2.43. The lowest BCUT2D eigenvalue weighted by Gasteiger charge is -2.27. The van der Waals surface area contributed by atoms with Crippen LogP contribution in [-0.2, 0) is 5.66 Å². The molecule has 2 heterocycles. The van der Waals surface area contributed by atoms with Gasteiger partial charge in [-0.05, 0) is 6.08 Å². The Bertz CT molecular complexity index is 548. The number of hydrogen-bond acceptors (Lipinski definition) is 6. The maximum atomic E-state index is 12.7. The predicted molar refractivity (Wildman–Crippen MR) is 59.9 cm³/mol. The van der Waals surface area contributed by atoms with Gasteiger partial charge in [0, 0.05) is 6.07 Å². The van der Waals surface area contributed by atoms with Crippen LogP contribution < -0.4 is 21.5 Å². The fraction of sp³-hybridized carbons (Fsp3) is 0.333. The number of aromatic nitrogens is 2. The van der Waals surface area contributed by atoms with Crippen molar-refractivity contribution in [1.29, 1.82) is 0 Å². The molecule has 104 valence electrons. The van der Waals surface area contributed by atoms with E-state index >= 15 is 0 Å². The number of alkyl halides is 3. The van der Waals surface area contributed by atoms with Gasteiger partial charge in [-0.15, -0.1) is 5.10 Å². The van der Waals surface area contributed by atoms with Gasteiger partial charge in [-0.2, -0.15) is 13.2 Å². The van der Waals surface area contributed by atoms with Crippen molar-refractivity contribution in [2.24, 2.45) is 16.5 Å². The first-order valence-corrected chi connectivity index (χ1v) is 5.06. The van der Waals surface area contributed by atoms with Crippen LogP contribution in [0.15, 0.2) is 22.8 Å². The summed E-state index contributed by atoms with van der Waals surface area (Å²) in [5.41, 5.74) is 8.39. The second-order valence-corrected chi connectivity index (χ2v) is 3.83. The first-order chi connectivity index (χ1) is 8.74. The van der Waals surface area contributed by atoms with Crippen molar-refractivity contribution < 1.29 is 17.9 Å². The van der Waals surface area contributed by atoms with Crippen molar-refractivity contribution in [2.45, 2.75) is 11.8 Å². The van der Waals surface area contributed by atoms with Gasteiger partial charge in [0.2, 0.25) is 5.88 Å². The number of halogens is 3. The number of rotatable bonds is 2. The highest BCUT2D eigenvalue weighted by Crippen LogP contribution is 2.31. The molecule has 1 aliphatic heterocycles. The summed E-state index contributed by atoms with van der Waals surface area (Å²) >= 11 is 0. The lowest BCUT2D eigenvalue weighted by atomic mass is 10.0. The Morgan fingerprint density at radius 1 is 1.42 bits per heavy atom. The fourth-order valence-electron chi connectivity index (χ4n) is 1.56. The standard InChI is InChI=1S/C9H11F3N6O/c1-19-6-2-4(17-18-6)8(14)3-5(9(10,11)12)15-7(13)16-8/h2-3H,14H2,1H3,(H,17,18)(H3,13,15,16). The number of nitrogens with two attached hydrogens (primary N) is 2. The molecule has 0 saturated carbocycles. The highest BCUT2D eigenvalue weighted by Gasteiger charge is 2.41. The minimum Gasteiger partial charge on any atom is -0.480 e. The van der Waals surface area contributed by atoms with Gasteiger partial charge in [0.05, 0.1) is 12.8 Å². The molecule has 2 rings (SSSR count). The fourth-order valence-corrected chi connectivity index (χ4v) is 1.56. The first kappa shape index (κ1) is 13.2. The predicted octanol–water partition coefficient (Wildman–Crippen LogP) is -0.106. The molecule has 0 aromatic carbocycles. The number of guanidine groups is 1. The van der Waals surface area contributed by atoms with Crippen LogP contribution in [0.3, 0.4) is 0 Å². The second kappa shape index (κ2) is 4.16. The van der Waals surface area contributed by atoms with Crippen LogP contribution in [0.25, 0.3) is 0 Å². The van der Waals surface area contributed by atoms with Crippen molar-refractivity contribution in [3.05, 3.63) is 23.5 Å². The second-order valence-electron chi connectivity index (χ2n) is 3.83. The molecule has 10 heteroatoms. The van der Waals surface area contributed by atoms with Crippen molar-refractivity contribution in [3.63, 3.8) is 0 Å². The highest BCUT2D eigenvalue weighted by atomic mass is 19.4. The Morgan fingerprint density at radius 2 is 2.11 bits per heavy atom. The zero-order chi connectivity index (χ0) is 14.3. The number of ether oxygens (including phenoxy) is 1. The number of allylic oxidation sites excluding steroid dienone is 1. The van der Waals surface area contributed by atoms with Crippen molar-refractivity contribution in [3.8, 4) is 5.88 Å². The number of methoxy groups -OCH3 is 1. The van der Waals surface area contributed by atoms with E-state index in [1.54, 1.807) is 0 Å². The Labute approximate surface area is 105 Å². The molecule has 0 radical (unpaired) electrons. The van der Waals surface area contributed by atoms with Gasteiger partial charge < -0.3 is 15.8 Å². The SMILES string of the molecule is COc1cc(C2(N)C=C(C(F)(F)F)NC(N)=N2)[nH]n1. The van der Waals surface area contributed by atoms with Gasteiger partial charge in [0.1, 0.15) is 5.70 Å². The number of aliphatic imine (C=N–C) groups is 1. The molecule has 1 aromatic heterocycles. The van der Waals surface area contributed by atoms with Crippen LogP contribution in [0.4, 0.5) is 13.2 Å². The molecule has 0 bridgehead atoms. The summed E-state index contributed by atoms with van der Waals surface area (Å²) in [6.07, 6.45) is -3.90. The Balaban J connectivity index is 2.45. The lowest BCUT2D eigenvalue weighted by molar-refractivity contribution is -0.0959. The van der Waals surface area contributed by atoms with Gasteiger partial charge in [-0.25, -0.2) is 4.99 Å². The lowest BCUT2D eigenvalue weighted by Crippen LogP contribution is -2.47. The number of nitrogens with one attached hydrogen (secondary N) is 2. The van der Waals surface area contributed by atoms with Gasteiger partial charge in [0.15, 0.2) is 11.6 Å². The van der Waals surface area contributed by atoms with Crippen LogP contribution in [0.2, 0.25) is 0 Å². The third kappa shape index (κ3) is 2.47. The maximum absolute atomic E-state index is 12.7. The van der Waals surface area contributed by atoms with Crippen LogP contribution in [0, 0.1) is 0 Å². The topological polar surface area (TPSA) is 114 Å². The average molecular weight is 276 g/mol. The molecule has 0 amide bonds. The van der Waals surface area contributed by atoms with E-state index in [0.29, 0.717) is 0 Å². The largest absolute Gasteiger partial charge is 0.480 e. The van der Waals surface area contributed by atoms with E-state index in [2.05, 4.69) is 15.2 Å². The van der Waals surface area contributed by atoms with Crippen molar-refractivity contribution >= 4 is 5.96 Å². The molecule has 0 saturated heterocycles. The molecule has 19 heavy (non-hydrogen) atoms. The minimum absolute atomic E-state index is 0.121. The molecule has 1 unspecified atom stereocenters. The number of nitrogens with zero attached hydrogens (tertiary/aromatic N) is 2. The van der Waals surface area contributed by atoms with E-state index in [0.717, 1.165) is 6.08 Å². The van der Waals surface area contributed by atoms with Gasteiger partial charge in [-0.1, -0.05) is 0 Å². The van der Waals surface area contributed by atoms with Crippen LogP contribution >= 0.6 is 0 Å². The Hall–Kier alpha value is -2.23. The summed E-state index contributed by atoms with van der Waals surface area (Å²) in [6, 6.07) is 1.34. The molecule has 1 aromatic rings. The van der Waals surface area contributed by atoms with Crippen molar-refractivity contribution in [1.82, 2.24) is 15.5 Å². The zero-order valence-electron chi connectivity index (χ0n) is 9.75. The van der Waals surface area contributed by atoms with Gasteiger partial charge >= 0.3 is 6.18 Å². The summed E-state index contributed by atoms with van der Waals surface area (Å²) in [7, 11) is 1.36. The smallest absolute Gasteiger partial charge is 0.431 e. The molecule has 0 spiro atoms. The summed E-state index contributed by atoms with van der Waals surface area (Å²) in [5.74, 6) is -0.264. The zero-order valence-corrected chi connectivity index (χ0v) is 9.75. The quantitative estimate of drug-likeness (QED) is 0.602. The van der Waals surface area contributed by atoms with Gasteiger partial charge in [-0.3, -0.25) is 10.8 Å². The molecule has 1 aliphatic rings. The Kier molecular flexibility index (Phi) is 2.89. The summed E-state index contributed by atoms with van der Waals surface area (Å²) in [5, 5.41) is 8.08. The summed E-state index contributed by atoms with van der Waals surface area (Å²) in [6.45, 7) is 0. The highest BCUT2D eigenvalue weighted by molar-refractivity contribution is 5.81. The summed E-state index contributed by atoms with van der Waals surface area (Å²) < 4.78 is 42.9. The molecule has 7 nitrogen and oxygen atoms in total. The van der Waals surface area contributed by atoms with Crippen LogP contribution in [0.1, 0.15) is 5.69 Å². The molecular formula is C9H11F3N6O. The van der Waals surface area contributed by atoms with Crippen LogP contribution in [-0.4, -0.2) is 29.4 Å². The van der Waals surface area contributed by atoms with Crippen LogP contribution in [0.5, 0.6) is 5.88 Å². The number of hydrogen-bond donors (Lipinski definition) is 4. The maximum Gasteiger partial charge on any atom is 0.431 e. The van der Waals surface area contributed by atoms with E-state index < -0.39 is 23.5 Å². The summed E-state index contributed by atoms with van der Waals surface area (Å²) in [4.78, 5) is 3.75. The van der Waals surface area contributed by atoms with E-state index in [-0.39, 0.29) is 11.6 Å². The van der Waals surface area contributed by atoms with E-state index in [1.807, 2.05) is 5.32 Å². The Morgan fingerprint density at radius 3 is 2.63 bits per heavy atom. The van der Waals surface area contributed by atoms with E-state index in [4.69, 9.17) is 16.2 Å². The normalized spacial score (nSPS) is 23.4. The third-order valence-electron chi connectivity index (χ3n) is 2.43. The van der Waals surface area contributed by atoms with E-state index in [1.165, 1.54) is 13.2 Å². The van der Waals surface area contributed by atoms with E-state index in [9.17, 15) is 13.2 Å². The minimum atomic E-state index is -4.62. The average Bonchev–Trinajstić information content (AvgIpc) is 2.75. The molecule has 1 atom stereocenters. The molecular weight excluding hydrogens is 265 g/mol. The monoisotopic (exact) mass is 276 g/mol. The first-order valence-electron chi connectivity index (χ1n) is 5.06. The van der Waals surface area contributed by atoms with Crippen molar-refractivity contribution in [2.75, 3.05) is 7.11 Å².